The van der Waals surface area contributed by atoms with E-state index in [-0.39, 0.29) is 12.6 Å². The molecule has 1 atom stereocenters. The Kier molecular flexibility index (Phi) is 4.24. The van der Waals surface area contributed by atoms with E-state index < -0.39 is 10.0 Å². The average Bonchev–Trinajstić information content (AvgIpc) is 2.56. The molecule has 5 nitrogen and oxygen atoms in total. The molecular formula is C16H18N2O3S. The summed E-state index contributed by atoms with van der Waals surface area (Å²) in [6, 6.07) is 12.3. The lowest BCUT2D eigenvalue weighted by atomic mass is 10.2. The number of rotatable bonds is 3. The second-order valence-electron chi connectivity index (χ2n) is 5.30. The second-order valence-corrected chi connectivity index (χ2v) is 7.23. The number of hydrogen-bond acceptors (Lipinski definition) is 4. The number of aromatic nitrogens is 1. The third kappa shape index (κ3) is 3.04. The summed E-state index contributed by atoms with van der Waals surface area (Å²) in [6.07, 6.45) is 1.44. The number of nitrogens with zero attached hydrogens (tertiary/aromatic N) is 2. The zero-order valence-electron chi connectivity index (χ0n) is 12.3. The van der Waals surface area contributed by atoms with Crippen LogP contribution in [-0.4, -0.2) is 37.4 Å². The Labute approximate surface area is 130 Å². The number of benzene rings is 1. The smallest absolute Gasteiger partial charge is 0.243 e. The van der Waals surface area contributed by atoms with Crippen LogP contribution in [0.3, 0.4) is 0 Å². The van der Waals surface area contributed by atoms with Crippen LogP contribution in [0.1, 0.15) is 17.4 Å². The van der Waals surface area contributed by atoms with Crippen molar-refractivity contribution in [2.75, 3.05) is 19.7 Å². The molecule has 0 amide bonds. The van der Waals surface area contributed by atoms with E-state index in [1.54, 1.807) is 36.5 Å². The van der Waals surface area contributed by atoms with Crippen LogP contribution in [0.5, 0.6) is 0 Å². The highest BCUT2D eigenvalue weighted by Crippen LogP contribution is 2.25. The third-order valence-corrected chi connectivity index (χ3v) is 5.55. The van der Waals surface area contributed by atoms with Crippen molar-refractivity contribution >= 4 is 10.0 Å². The molecule has 0 aliphatic carbocycles. The molecule has 0 saturated carbocycles. The summed E-state index contributed by atoms with van der Waals surface area (Å²) in [4.78, 5) is 4.66. The molecule has 1 aromatic carbocycles. The summed E-state index contributed by atoms with van der Waals surface area (Å²) >= 11 is 0. The van der Waals surface area contributed by atoms with Gasteiger partial charge in [-0.25, -0.2) is 8.42 Å². The average molecular weight is 318 g/mol. The fourth-order valence-corrected chi connectivity index (χ4v) is 3.88. The van der Waals surface area contributed by atoms with Gasteiger partial charge in [-0.05, 0) is 30.7 Å². The lowest BCUT2D eigenvalue weighted by Gasteiger charge is -2.31. The summed E-state index contributed by atoms with van der Waals surface area (Å²) < 4.78 is 32.5. The molecular weight excluding hydrogens is 300 g/mol. The zero-order valence-corrected chi connectivity index (χ0v) is 13.2. The van der Waals surface area contributed by atoms with Gasteiger partial charge in [-0.15, -0.1) is 0 Å². The van der Waals surface area contributed by atoms with Crippen molar-refractivity contribution in [3.05, 3.63) is 59.9 Å². The van der Waals surface area contributed by atoms with Crippen molar-refractivity contribution in [1.82, 2.24) is 9.29 Å². The number of morpholine rings is 1. The van der Waals surface area contributed by atoms with E-state index in [0.29, 0.717) is 18.0 Å². The van der Waals surface area contributed by atoms with Crippen LogP contribution >= 0.6 is 0 Å². The number of pyridine rings is 1. The van der Waals surface area contributed by atoms with Crippen LogP contribution < -0.4 is 0 Å². The number of ether oxygens (including phenoxy) is 1. The Morgan fingerprint density at radius 2 is 1.95 bits per heavy atom. The summed E-state index contributed by atoms with van der Waals surface area (Å²) in [6.45, 7) is 2.98. The molecule has 22 heavy (non-hydrogen) atoms. The molecule has 6 heteroatoms. The Morgan fingerprint density at radius 1 is 1.18 bits per heavy atom. The van der Waals surface area contributed by atoms with Crippen molar-refractivity contribution in [3.8, 4) is 0 Å². The molecule has 2 heterocycles. The van der Waals surface area contributed by atoms with Crippen LogP contribution in [0.2, 0.25) is 0 Å². The summed E-state index contributed by atoms with van der Waals surface area (Å²) in [7, 11) is -3.49. The lowest BCUT2D eigenvalue weighted by Crippen LogP contribution is -2.42. The van der Waals surface area contributed by atoms with Crippen LogP contribution in [-0.2, 0) is 14.8 Å². The number of aryl methyl sites for hydroxylation is 1. The molecule has 1 aliphatic rings. The molecule has 0 radical (unpaired) electrons. The van der Waals surface area contributed by atoms with E-state index >= 15 is 0 Å². The largest absolute Gasteiger partial charge is 0.369 e. The monoisotopic (exact) mass is 318 g/mol. The topological polar surface area (TPSA) is 59.5 Å². The van der Waals surface area contributed by atoms with Gasteiger partial charge in [-0.2, -0.15) is 4.31 Å². The van der Waals surface area contributed by atoms with Gasteiger partial charge in [-0.3, -0.25) is 4.98 Å². The van der Waals surface area contributed by atoms with Gasteiger partial charge < -0.3 is 4.74 Å². The quantitative estimate of drug-likeness (QED) is 0.870. The highest BCUT2D eigenvalue weighted by atomic mass is 32.2. The molecule has 1 aromatic heterocycles. The Balaban J connectivity index is 1.82. The van der Waals surface area contributed by atoms with E-state index in [4.69, 9.17) is 4.74 Å². The van der Waals surface area contributed by atoms with Gasteiger partial charge in [0.25, 0.3) is 0 Å². The first kappa shape index (κ1) is 15.1. The second kappa shape index (κ2) is 6.16. The predicted molar refractivity (Wildman–Crippen MR) is 82.9 cm³/mol. The number of hydrogen-bond donors (Lipinski definition) is 0. The molecule has 1 fully saturated rings. The third-order valence-electron chi connectivity index (χ3n) is 3.67. The molecule has 0 N–H and O–H groups in total. The first-order chi connectivity index (χ1) is 10.6. The summed E-state index contributed by atoms with van der Waals surface area (Å²) in [5.74, 6) is 0. The highest BCUT2D eigenvalue weighted by Gasteiger charge is 2.31. The van der Waals surface area contributed by atoms with Gasteiger partial charge in [0.2, 0.25) is 10.0 Å². The first-order valence-corrected chi connectivity index (χ1v) is 8.61. The normalized spacial score (nSPS) is 20.0. The van der Waals surface area contributed by atoms with Gasteiger partial charge in [0, 0.05) is 19.3 Å². The number of sulfonamides is 1. The predicted octanol–water partition coefficient (Wildman–Crippen LogP) is 2.15. The van der Waals surface area contributed by atoms with E-state index in [1.165, 1.54) is 4.31 Å². The van der Waals surface area contributed by atoms with Crippen LogP contribution in [0.15, 0.2) is 53.6 Å². The molecule has 1 unspecified atom stereocenters. The highest BCUT2D eigenvalue weighted by molar-refractivity contribution is 7.89. The maximum absolute atomic E-state index is 12.7. The van der Waals surface area contributed by atoms with Gasteiger partial charge >= 0.3 is 0 Å². The maximum atomic E-state index is 12.7. The molecule has 0 spiro atoms. The molecule has 116 valence electrons. The van der Waals surface area contributed by atoms with E-state index in [1.807, 2.05) is 19.1 Å². The minimum absolute atomic E-state index is 0.285. The van der Waals surface area contributed by atoms with Crippen molar-refractivity contribution in [1.29, 1.82) is 0 Å². The van der Waals surface area contributed by atoms with Crippen molar-refractivity contribution in [3.63, 3.8) is 0 Å². The molecule has 1 aliphatic heterocycles. The minimum atomic E-state index is -3.49. The zero-order chi connectivity index (χ0) is 15.6. The van der Waals surface area contributed by atoms with Crippen molar-refractivity contribution in [2.45, 2.75) is 17.9 Å². The van der Waals surface area contributed by atoms with Gasteiger partial charge in [0.15, 0.2) is 0 Å². The van der Waals surface area contributed by atoms with Crippen LogP contribution in [0.4, 0.5) is 0 Å². The van der Waals surface area contributed by atoms with Crippen molar-refractivity contribution in [2.24, 2.45) is 0 Å². The standard InChI is InChI=1S/C16H18N2O3S/c1-13-7-8-15(17-11-13)16-12-18(9-10-21-16)22(19,20)14-5-3-2-4-6-14/h2-8,11,16H,9-10,12H2,1H3. The lowest BCUT2D eigenvalue weighted by molar-refractivity contribution is -0.00494. The summed E-state index contributed by atoms with van der Waals surface area (Å²) in [5.41, 5.74) is 1.83. The molecule has 2 aromatic rings. The molecule has 1 saturated heterocycles. The van der Waals surface area contributed by atoms with E-state index in [0.717, 1.165) is 11.3 Å². The van der Waals surface area contributed by atoms with Crippen molar-refractivity contribution < 1.29 is 13.2 Å². The van der Waals surface area contributed by atoms with E-state index in [9.17, 15) is 8.42 Å². The maximum Gasteiger partial charge on any atom is 0.243 e. The van der Waals surface area contributed by atoms with Gasteiger partial charge in [0.1, 0.15) is 6.10 Å². The van der Waals surface area contributed by atoms with Crippen LogP contribution in [0, 0.1) is 6.92 Å². The van der Waals surface area contributed by atoms with Gasteiger partial charge in [-0.1, -0.05) is 24.3 Å². The van der Waals surface area contributed by atoms with Crippen LogP contribution in [0.25, 0.3) is 0 Å². The minimum Gasteiger partial charge on any atom is -0.369 e. The Bertz CT molecular complexity index is 730. The first-order valence-electron chi connectivity index (χ1n) is 7.17. The fraction of sp³-hybridized carbons (Fsp3) is 0.312. The summed E-state index contributed by atoms with van der Waals surface area (Å²) in [5, 5.41) is 0. The Hall–Kier alpha value is -1.76. The van der Waals surface area contributed by atoms with E-state index in [2.05, 4.69) is 4.98 Å². The Morgan fingerprint density at radius 3 is 2.64 bits per heavy atom. The van der Waals surface area contributed by atoms with Gasteiger partial charge in [0.05, 0.1) is 17.2 Å². The molecule has 3 rings (SSSR count). The SMILES string of the molecule is Cc1ccc(C2CN(S(=O)(=O)c3ccccc3)CCO2)nc1. The molecule has 0 bridgehead atoms. The fourth-order valence-electron chi connectivity index (χ4n) is 2.43.